The van der Waals surface area contributed by atoms with Gasteiger partial charge in [0.25, 0.3) is 5.56 Å². The smallest absolute Gasteiger partial charge is 0.344 e. The van der Waals surface area contributed by atoms with Gasteiger partial charge in [-0.1, -0.05) is 53.8 Å². The molecule has 0 amide bonds. The third kappa shape index (κ3) is 6.87. The summed E-state index contributed by atoms with van der Waals surface area (Å²) in [4.78, 5) is 45.0. The fourth-order valence-corrected chi connectivity index (χ4v) is 6.77. The number of carbonyl (C=O) groups is 2. The van der Waals surface area contributed by atoms with Crippen LogP contribution in [0.2, 0.25) is 0 Å². The minimum Gasteiger partial charge on any atom is -0.497 e. The molecule has 0 unspecified atom stereocenters. The number of thiazole rings is 1. The molecular weight excluding hydrogens is 723 g/mol. The van der Waals surface area contributed by atoms with Crippen molar-refractivity contribution in [1.29, 1.82) is 0 Å². The number of nitrogens with zero attached hydrogens (tertiary/aromatic N) is 2. The Morgan fingerprint density at radius 2 is 1.70 bits per heavy atom. The Labute approximate surface area is 282 Å². The Morgan fingerprint density at radius 1 is 0.978 bits per heavy atom. The molecule has 0 N–H and O–H groups in total. The first-order valence-electron chi connectivity index (χ1n) is 14.4. The zero-order chi connectivity index (χ0) is 32.8. The van der Waals surface area contributed by atoms with Crippen LogP contribution in [0.4, 0.5) is 0 Å². The summed E-state index contributed by atoms with van der Waals surface area (Å²) in [7, 11) is 3.07. The number of rotatable bonds is 11. The molecule has 12 heteroatoms. The van der Waals surface area contributed by atoms with Crippen molar-refractivity contribution in [2.45, 2.75) is 19.9 Å². The van der Waals surface area contributed by atoms with Gasteiger partial charge in [-0.05, 0) is 77.9 Å². The summed E-state index contributed by atoms with van der Waals surface area (Å²) in [6.07, 6.45) is 1.74. The predicted molar refractivity (Wildman–Crippen MR) is 182 cm³/mol. The van der Waals surface area contributed by atoms with Crippen molar-refractivity contribution in [2.24, 2.45) is 4.99 Å². The zero-order valence-electron chi connectivity index (χ0n) is 25.6. The lowest BCUT2D eigenvalue weighted by atomic mass is 9.93. The van der Waals surface area contributed by atoms with Crippen molar-refractivity contribution in [3.63, 3.8) is 0 Å². The highest BCUT2D eigenvalue weighted by atomic mass is 127. The van der Waals surface area contributed by atoms with Gasteiger partial charge in [-0.15, -0.1) is 0 Å². The second-order valence-electron chi connectivity index (χ2n) is 9.83. The van der Waals surface area contributed by atoms with Crippen LogP contribution in [0.1, 0.15) is 36.6 Å². The van der Waals surface area contributed by atoms with Crippen molar-refractivity contribution >= 4 is 57.6 Å². The molecule has 0 aliphatic carbocycles. The number of hydrogen-bond acceptors (Lipinski definition) is 10. The monoisotopic (exact) mass is 754 g/mol. The molecule has 0 bridgehead atoms. The Bertz CT molecular complexity index is 1970. The van der Waals surface area contributed by atoms with E-state index in [1.54, 1.807) is 45.2 Å². The van der Waals surface area contributed by atoms with Crippen molar-refractivity contribution in [3.05, 3.63) is 112 Å². The minimum absolute atomic E-state index is 0.157. The number of hydrogen-bond donors (Lipinski definition) is 0. The van der Waals surface area contributed by atoms with E-state index < -0.39 is 18.0 Å². The normalized spacial score (nSPS) is 14.3. The average Bonchev–Trinajstić information content (AvgIpc) is 3.37. The molecule has 0 saturated carbocycles. The van der Waals surface area contributed by atoms with Gasteiger partial charge in [0.2, 0.25) is 0 Å². The van der Waals surface area contributed by atoms with Crippen molar-refractivity contribution in [2.75, 3.05) is 34.0 Å². The number of carbonyl (C=O) groups excluding carboxylic acids is 2. The highest BCUT2D eigenvalue weighted by molar-refractivity contribution is 14.1. The topological polar surface area (TPSA) is 115 Å². The molecule has 2 heterocycles. The predicted octanol–water partition coefficient (Wildman–Crippen LogP) is 4.50. The quantitative estimate of drug-likeness (QED) is 0.163. The molecule has 1 aromatic heterocycles. The lowest BCUT2D eigenvalue weighted by Gasteiger charge is -2.26. The summed E-state index contributed by atoms with van der Waals surface area (Å²) in [6, 6.07) is 19.3. The molecule has 4 aromatic rings. The van der Waals surface area contributed by atoms with E-state index in [2.05, 4.69) is 22.6 Å². The molecule has 3 aromatic carbocycles. The molecule has 1 aliphatic heterocycles. The summed E-state index contributed by atoms with van der Waals surface area (Å²) in [6.45, 7) is 3.60. The molecular formula is C34H31IN2O8S. The van der Waals surface area contributed by atoms with Gasteiger partial charge < -0.3 is 23.7 Å². The second-order valence-corrected chi connectivity index (χ2v) is 12.0. The fourth-order valence-electron chi connectivity index (χ4n) is 4.99. The van der Waals surface area contributed by atoms with Gasteiger partial charge in [0.05, 0.1) is 52.8 Å². The minimum atomic E-state index is -0.813. The van der Waals surface area contributed by atoms with E-state index in [-0.39, 0.29) is 31.0 Å². The first kappa shape index (κ1) is 32.9. The van der Waals surface area contributed by atoms with Gasteiger partial charge in [-0.25, -0.2) is 14.6 Å². The number of methoxy groups -OCH3 is 2. The van der Waals surface area contributed by atoms with E-state index in [1.807, 2.05) is 48.5 Å². The molecule has 0 spiro atoms. The molecule has 5 rings (SSSR count). The Hall–Kier alpha value is -4.43. The Morgan fingerprint density at radius 3 is 2.35 bits per heavy atom. The summed E-state index contributed by atoms with van der Waals surface area (Å²) in [5.74, 6) is 0.370. The lowest BCUT2D eigenvalue weighted by Crippen LogP contribution is -2.40. The Balaban J connectivity index is 1.69. The third-order valence-corrected chi connectivity index (χ3v) is 8.78. The van der Waals surface area contributed by atoms with Crippen LogP contribution in [0.25, 0.3) is 11.8 Å². The van der Waals surface area contributed by atoms with E-state index in [0.717, 1.165) is 5.56 Å². The summed E-state index contributed by atoms with van der Waals surface area (Å²) < 4.78 is 29.7. The first-order chi connectivity index (χ1) is 22.3. The highest BCUT2D eigenvalue weighted by Gasteiger charge is 2.35. The summed E-state index contributed by atoms with van der Waals surface area (Å²) >= 11 is 3.30. The van der Waals surface area contributed by atoms with Crippen LogP contribution in [0, 0.1) is 3.57 Å². The van der Waals surface area contributed by atoms with Crippen molar-refractivity contribution in [1.82, 2.24) is 4.57 Å². The Kier molecular flexibility index (Phi) is 10.6. The molecule has 0 radical (unpaired) electrons. The third-order valence-electron chi connectivity index (χ3n) is 6.99. The van der Waals surface area contributed by atoms with Crippen LogP contribution in [0.3, 0.4) is 0 Å². The zero-order valence-corrected chi connectivity index (χ0v) is 28.5. The number of fused-ring (bicyclic) bond motifs is 1. The standard InChI is InChI=1S/C34H31IN2O8S/c1-5-43-27(38)19-45-31-24(35)16-20(17-25(31)42-4)18-26-32(39)37-30(22-12-14-23(41-3)15-13-22)28(33(40)44-6-2)29(36-34(37)46-26)21-10-8-7-9-11-21/h7-18,30H,5-6,19H2,1-4H3/b26-18-/t30-/m1/s1. The van der Waals surface area contributed by atoms with E-state index in [1.165, 1.54) is 23.0 Å². The molecule has 10 nitrogen and oxygen atoms in total. The van der Waals surface area contributed by atoms with E-state index in [9.17, 15) is 14.4 Å². The largest absolute Gasteiger partial charge is 0.497 e. The van der Waals surface area contributed by atoms with E-state index in [0.29, 0.717) is 47.0 Å². The average molecular weight is 755 g/mol. The number of ether oxygens (including phenoxy) is 5. The maximum atomic E-state index is 14.2. The van der Waals surface area contributed by atoms with E-state index in [4.69, 9.17) is 28.7 Å². The van der Waals surface area contributed by atoms with Gasteiger partial charge in [0, 0.05) is 5.56 Å². The molecule has 0 saturated heterocycles. The number of benzene rings is 3. The highest BCUT2D eigenvalue weighted by Crippen LogP contribution is 2.36. The molecule has 46 heavy (non-hydrogen) atoms. The van der Waals surface area contributed by atoms with Crippen LogP contribution in [-0.2, 0) is 19.1 Å². The van der Waals surface area contributed by atoms with Crippen LogP contribution in [0.5, 0.6) is 17.2 Å². The van der Waals surface area contributed by atoms with Crippen molar-refractivity contribution < 1.29 is 33.3 Å². The molecule has 238 valence electrons. The van der Waals surface area contributed by atoms with E-state index >= 15 is 0 Å². The SMILES string of the molecule is CCOC(=O)COc1c(I)cc(/C=c2\sc3n(c2=O)[C@H](c2ccc(OC)cc2)C(C(=O)OCC)=C(c2ccccc2)N=3)cc1OC. The van der Waals surface area contributed by atoms with Crippen LogP contribution in [0.15, 0.2) is 82.1 Å². The second kappa shape index (κ2) is 14.8. The maximum absolute atomic E-state index is 14.2. The lowest BCUT2D eigenvalue weighted by molar-refractivity contribution is -0.145. The van der Waals surface area contributed by atoms with Crippen molar-refractivity contribution in [3.8, 4) is 17.2 Å². The van der Waals surface area contributed by atoms with Crippen LogP contribution >= 0.6 is 33.9 Å². The maximum Gasteiger partial charge on any atom is 0.344 e. The fraction of sp³-hybridized carbons (Fsp3) is 0.235. The number of aromatic nitrogens is 1. The summed E-state index contributed by atoms with van der Waals surface area (Å²) in [5, 5.41) is 0. The number of halogens is 1. The van der Waals surface area contributed by atoms with Gasteiger partial charge in [-0.3, -0.25) is 9.36 Å². The van der Waals surface area contributed by atoms with Gasteiger partial charge in [-0.2, -0.15) is 0 Å². The summed E-state index contributed by atoms with van der Waals surface area (Å²) in [5.41, 5.74) is 2.46. The first-order valence-corrected chi connectivity index (χ1v) is 16.3. The van der Waals surface area contributed by atoms with Gasteiger partial charge >= 0.3 is 11.9 Å². The van der Waals surface area contributed by atoms with Crippen LogP contribution < -0.4 is 29.1 Å². The molecule has 1 atom stereocenters. The molecule has 0 fully saturated rings. The number of esters is 2. The van der Waals surface area contributed by atoms with Crippen LogP contribution in [-0.4, -0.2) is 50.5 Å². The molecule has 1 aliphatic rings. The van der Waals surface area contributed by atoms with Gasteiger partial charge in [0.1, 0.15) is 5.75 Å². The van der Waals surface area contributed by atoms with Gasteiger partial charge in [0.15, 0.2) is 22.9 Å².